The largest absolute Gasteiger partial charge is 0.465 e. The number of hydrogen-bond acceptors (Lipinski definition) is 4. The van der Waals surface area contributed by atoms with Crippen molar-refractivity contribution < 1.29 is 9.21 Å². The lowest BCUT2D eigenvalue weighted by Crippen LogP contribution is -2.19. The molecule has 110 valence electrons. The third-order valence-electron chi connectivity index (χ3n) is 2.91. The number of amides is 1. The Hall–Kier alpha value is -2.53. The van der Waals surface area contributed by atoms with E-state index in [4.69, 9.17) is 4.42 Å². The highest BCUT2D eigenvalue weighted by molar-refractivity contribution is 8.18. The number of aliphatic imine (C=N–C) groups is 1. The van der Waals surface area contributed by atoms with Crippen LogP contribution in [-0.2, 0) is 4.79 Å². The third kappa shape index (κ3) is 3.56. The molecule has 2 aromatic rings. The van der Waals surface area contributed by atoms with E-state index in [2.05, 4.69) is 10.3 Å². The number of allylic oxidation sites excluding steroid dienone is 2. The number of thioether (sulfide) groups is 1. The van der Waals surface area contributed by atoms with Crippen LogP contribution in [0.4, 0.5) is 5.69 Å². The molecule has 5 heteroatoms. The summed E-state index contributed by atoms with van der Waals surface area (Å²) in [7, 11) is 0. The fourth-order valence-corrected chi connectivity index (χ4v) is 2.84. The number of benzene rings is 1. The Labute approximate surface area is 132 Å². The fourth-order valence-electron chi connectivity index (χ4n) is 1.95. The minimum Gasteiger partial charge on any atom is -0.465 e. The van der Waals surface area contributed by atoms with Crippen LogP contribution in [-0.4, -0.2) is 11.1 Å². The van der Waals surface area contributed by atoms with Gasteiger partial charge >= 0.3 is 0 Å². The average molecular weight is 310 g/mol. The molecule has 0 spiro atoms. The standard InChI is InChI=1S/C17H14N2O2S/c1-12(10-14-8-5-9-21-14)11-15-16(20)19-17(22-15)18-13-6-3-2-4-7-13/h2-11H,1H3,(H,18,19,20)/b12-10+,15-11+. The lowest BCUT2D eigenvalue weighted by atomic mass is 10.2. The molecular formula is C17H14N2O2S. The molecule has 1 N–H and O–H groups in total. The van der Waals surface area contributed by atoms with E-state index < -0.39 is 0 Å². The van der Waals surface area contributed by atoms with Crippen LogP contribution in [0.25, 0.3) is 6.08 Å². The summed E-state index contributed by atoms with van der Waals surface area (Å²) in [5.41, 5.74) is 1.75. The number of carbonyl (C=O) groups is 1. The van der Waals surface area contributed by atoms with Crippen molar-refractivity contribution in [3.8, 4) is 0 Å². The van der Waals surface area contributed by atoms with Gasteiger partial charge in [-0.1, -0.05) is 18.2 Å². The minimum absolute atomic E-state index is 0.133. The molecule has 1 aliphatic heterocycles. The van der Waals surface area contributed by atoms with E-state index in [0.29, 0.717) is 10.1 Å². The van der Waals surface area contributed by atoms with E-state index in [1.165, 1.54) is 11.8 Å². The van der Waals surface area contributed by atoms with Crippen LogP contribution in [0.5, 0.6) is 0 Å². The van der Waals surface area contributed by atoms with Gasteiger partial charge in [-0.25, -0.2) is 4.99 Å². The molecule has 1 aromatic heterocycles. The number of nitrogens with one attached hydrogen (secondary N) is 1. The molecule has 0 atom stereocenters. The molecule has 0 radical (unpaired) electrons. The van der Waals surface area contributed by atoms with E-state index in [0.717, 1.165) is 17.0 Å². The summed E-state index contributed by atoms with van der Waals surface area (Å²) < 4.78 is 5.26. The quantitative estimate of drug-likeness (QED) is 0.868. The summed E-state index contributed by atoms with van der Waals surface area (Å²) in [4.78, 5) is 17.0. The molecular weight excluding hydrogens is 296 g/mol. The van der Waals surface area contributed by atoms with Gasteiger partial charge in [-0.15, -0.1) is 0 Å². The molecule has 1 saturated heterocycles. The second-order valence-corrected chi connectivity index (χ2v) is 5.75. The van der Waals surface area contributed by atoms with Gasteiger partial charge in [0, 0.05) is 0 Å². The number of amidine groups is 1. The van der Waals surface area contributed by atoms with Crippen LogP contribution < -0.4 is 5.32 Å². The Morgan fingerprint density at radius 3 is 2.77 bits per heavy atom. The summed E-state index contributed by atoms with van der Waals surface area (Å²) in [5, 5.41) is 3.36. The van der Waals surface area contributed by atoms with Crippen LogP contribution in [0, 0.1) is 0 Å². The highest BCUT2D eigenvalue weighted by atomic mass is 32.2. The maximum absolute atomic E-state index is 12.0. The maximum Gasteiger partial charge on any atom is 0.264 e. The summed E-state index contributed by atoms with van der Waals surface area (Å²) in [6.07, 6.45) is 5.33. The lowest BCUT2D eigenvalue weighted by molar-refractivity contribution is -0.115. The van der Waals surface area contributed by atoms with Crippen LogP contribution in [0.3, 0.4) is 0 Å². The number of furan rings is 1. The molecule has 1 aliphatic rings. The topological polar surface area (TPSA) is 54.6 Å². The first kappa shape index (κ1) is 14.4. The second kappa shape index (κ2) is 6.49. The summed E-state index contributed by atoms with van der Waals surface area (Å²) >= 11 is 1.33. The number of nitrogens with zero attached hydrogens (tertiary/aromatic N) is 1. The highest BCUT2D eigenvalue weighted by Gasteiger charge is 2.23. The summed E-state index contributed by atoms with van der Waals surface area (Å²) in [6.45, 7) is 1.93. The van der Waals surface area contributed by atoms with Crippen molar-refractivity contribution in [2.24, 2.45) is 4.99 Å². The van der Waals surface area contributed by atoms with E-state index >= 15 is 0 Å². The highest BCUT2D eigenvalue weighted by Crippen LogP contribution is 2.27. The van der Waals surface area contributed by atoms with E-state index in [1.807, 2.05) is 61.5 Å². The van der Waals surface area contributed by atoms with Crippen molar-refractivity contribution >= 4 is 34.6 Å². The number of para-hydroxylation sites is 1. The normalized spacial score (nSPS) is 19.0. The molecule has 0 unspecified atom stereocenters. The van der Waals surface area contributed by atoms with E-state index in [-0.39, 0.29) is 5.91 Å². The Morgan fingerprint density at radius 1 is 1.23 bits per heavy atom. The van der Waals surface area contributed by atoms with Gasteiger partial charge in [0.25, 0.3) is 5.91 Å². The van der Waals surface area contributed by atoms with Gasteiger partial charge < -0.3 is 9.73 Å². The predicted molar refractivity (Wildman–Crippen MR) is 89.7 cm³/mol. The molecule has 1 amide bonds. The Bertz CT molecular complexity index is 759. The van der Waals surface area contributed by atoms with Gasteiger partial charge in [-0.05, 0) is 60.7 Å². The van der Waals surface area contributed by atoms with Crippen LogP contribution in [0.2, 0.25) is 0 Å². The monoisotopic (exact) mass is 310 g/mol. The number of hydrogen-bond donors (Lipinski definition) is 1. The van der Waals surface area contributed by atoms with E-state index in [9.17, 15) is 4.79 Å². The molecule has 4 nitrogen and oxygen atoms in total. The zero-order valence-corrected chi connectivity index (χ0v) is 12.8. The van der Waals surface area contributed by atoms with Gasteiger partial charge in [0.15, 0.2) is 5.17 Å². The van der Waals surface area contributed by atoms with Crippen molar-refractivity contribution in [3.05, 3.63) is 71.0 Å². The second-order valence-electron chi connectivity index (χ2n) is 4.72. The van der Waals surface area contributed by atoms with Gasteiger partial charge in [0.1, 0.15) is 5.76 Å². The van der Waals surface area contributed by atoms with Crippen molar-refractivity contribution in [1.29, 1.82) is 0 Å². The van der Waals surface area contributed by atoms with Gasteiger partial charge in [-0.3, -0.25) is 4.79 Å². The number of carbonyl (C=O) groups excluding carboxylic acids is 1. The summed E-state index contributed by atoms with van der Waals surface area (Å²) in [5.74, 6) is 0.628. The van der Waals surface area contributed by atoms with Crippen molar-refractivity contribution in [3.63, 3.8) is 0 Å². The van der Waals surface area contributed by atoms with Crippen molar-refractivity contribution in [2.75, 3.05) is 0 Å². The van der Waals surface area contributed by atoms with Crippen LogP contribution >= 0.6 is 11.8 Å². The summed E-state index contributed by atoms with van der Waals surface area (Å²) in [6, 6.07) is 13.2. The zero-order chi connectivity index (χ0) is 15.4. The lowest BCUT2D eigenvalue weighted by Gasteiger charge is -1.95. The Balaban J connectivity index is 1.77. The Kier molecular flexibility index (Phi) is 4.25. The first-order chi connectivity index (χ1) is 10.7. The first-order valence-corrected chi connectivity index (χ1v) is 7.59. The molecule has 1 aromatic carbocycles. The SMILES string of the molecule is CC(=C\c1ccco1)/C=C1/SC(=Nc2ccccc2)NC1=O. The fraction of sp³-hybridized carbons (Fsp3) is 0.0588. The van der Waals surface area contributed by atoms with Crippen LogP contribution in [0.15, 0.2) is 74.7 Å². The van der Waals surface area contributed by atoms with Gasteiger partial charge in [0.05, 0.1) is 16.9 Å². The average Bonchev–Trinajstić information content (AvgIpc) is 3.11. The molecule has 1 fully saturated rings. The molecule has 0 bridgehead atoms. The Morgan fingerprint density at radius 2 is 2.05 bits per heavy atom. The minimum atomic E-state index is -0.133. The third-order valence-corrected chi connectivity index (χ3v) is 3.82. The van der Waals surface area contributed by atoms with E-state index in [1.54, 1.807) is 6.26 Å². The molecule has 3 rings (SSSR count). The smallest absolute Gasteiger partial charge is 0.264 e. The van der Waals surface area contributed by atoms with Crippen LogP contribution in [0.1, 0.15) is 12.7 Å². The van der Waals surface area contributed by atoms with Gasteiger partial charge in [-0.2, -0.15) is 0 Å². The molecule has 0 saturated carbocycles. The van der Waals surface area contributed by atoms with Gasteiger partial charge in [0.2, 0.25) is 0 Å². The molecule has 0 aliphatic carbocycles. The predicted octanol–water partition coefficient (Wildman–Crippen LogP) is 4.12. The number of rotatable bonds is 3. The first-order valence-electron chi connectivity index (χ1n) is 6.77. The van der Waals surface area contributed by atoms with Crippen molar-refractivity contribution in [1.82, 2.24) is 5.32 Å². The zero-order valence-electron chi connectivity index (χ0n) is 11.9. The molecule has 2 heterocycles. The molecule has 22 heavy (non-hydrogen) atoms. The maximum atomic E-state index is 12.0. The van der Waals surface area contributed by atoms with Crippen molar-refractivity contribution in [2.45, 2.75) is 6.92 Å².